The number of aromatic hydroxyl groups is 1. The maximum atomic E-state index is 12.4. The Morgan fingerprint density at radius 3 is 2.43 bits per heavy atom. The SMILES string of the molecule is COC(=O)[C@@H](C)N1C(=O)S/C(=C/c2cc(Br)c(O)c(Br)c2)C1=O. The van der Waals surface area contributed by atoms with Crippen LogP contribution in [0.3, 0.4) is 0 Å². The van der Waals surface area contributed by atoms with Gasteiger partial charge in [-0.05, 0) is 74.3 Å². The van der Waals surface area contributed by atoms with Gasteiger partial charge in [0.05, 0.1) is 21.0 Å². The van der Waals surface area contributed by atoms with E-state index in [-0.39, 0.29) is 10.7 Å². The molecule has 0 spiro atoms. The van der Waals surface area contributed by atoms with Gasteiger partial charge in [0, 0.05) is 0 Å². The van der Waals surface area contributed by atoms with Crippen LogP contribution in [0.1, 0.15) is 12.5 Å². The van der Waals surface area contributed by atoms with E-state index in [0.717, 1.165) is 16.7 Å². The molecule has 0 aliphatic carbocycles. The minimum absolute atomic E-state index is 0.0366. The fraction of sp³-hybridized carbons (Fsp3) is 0.214. The van der Waals surface area contributed by atoms with Gasteiger partial charge in [-0.1, -0.05) is 0 Å². The molecule has 1 atom stereocenters. The van der Waals surface area contributed by atoms with Gasteiger partial charge in [-0.2, -0.15) is 0 Å². The summed E-state index contributed by atoms with van der Waals surface area (Å²) >= 11 is 7.14. The third-order valence-electron chi connectivity index (χ3n) is 3.09. The molecule has 1 aromatic rings. The van der Waals surface area contributed by atoms with E-state index in [0.29, 0.717) is 14.5 Å². The smallest absolute Gasteiger partial charge is 0.328 e. The Kier molecular flexibility index (Phi) is 5.53. The number of ether oxygens (including phenoxy) is 1. The number of imide groups is 1. The van der Waals surface area contributed by atoms with Crippen molar-refractivity contribution in [2.24, 2.45) is 0 Å². The van der Waals surface area contributed by atoms with Crippen molar-refractivity contribution in [3.05, 3.63) is 31.5 Å². The van der Waals surface area contributed by atoms with E-state index in [9.17, 15) is 19.5 Å². The Balaban J connectivity index is 2.34. The van der Waals surface area contributed by atoms with Crippen LogP contribution in [-0.4, -0.2) is 40.3 Å². The van der Waals surface area contributed by atoms with Crippen LogP contribution in [0.2, 0.25) is 0 Å². The normalized spacial score (nSPS) is 17.7. The summed E-state index contributed by atoms with van der Waals surface area (Å²) in [5.41, 5.74) is 0.609. The number of halogens is 2. The van der Waals surface area contributed by atoms with E-state index in [1.165, 1.54) is 20.1 Å². The molecule has 0 aromatic heterocycles. The molecule has 1 aliphatic heterocycles. The number of rotatable bonds is 3. The number of hydrogen-bond acceptors (Lipinski definition) is 6. The van der Waals surface area contributed by atoms with E-state index in [1.807, 2.05) is 0 Å². The van der Waals surface area contributed by atoms with Crippen LogP contribution in [0, 0.1) is 0 Å². The fourth-order valence-corrected chi connectivity index (χ4v) is 4.04. The number of carbonyl (C=O) groups is 3. The number of phenolic OH excluding ortho intramolecular Hbond substituents is 1. The monoisotopic (exact) mass is 463 g/mol. The highest BCUT2D eigenvalue weighted by Gasteiger charge is 2.41. The van der Waals surface area contributed by atoms with E-state index >= 15 is 0 Å². The minimum Gasteiger partial charge on any atom is -0.506 e. The molecule has 1 aliphatic rings. The van der Waals surface area contributed by atoms with Crippen LogP contribution in [-0.2, 0) is 14.3 Å². The second kappa shape index (κ2) is 7.06. The Morgan fingerprint density at radius 1 is 1.35 bits per heavy atom. The number of amides is 2. The van der Waals surface area contributed by atoms with Gasteiger partial charge < -0.3 is 9.84 Å². The molecule has 1 aromatic carbocycles. The molecule has 0 unspecified atom stereocenters. The molecule has 6 nitrogen and oxygen atoms in total. The molecule has 1 fully saturated rings. The summed E-state index contributed by atoms with van der Waals surface area (Å²) in [5.74, 6) is -1.18. The second-order valence-corrected chi connectivity index (χ2v) is 7.29. The third-order valence-corrected chi connectivity index (χ3v) is 5.18. The molecule has 2 amide bonds. The quantitative estimate of drug-likeness (QED) is 0.544. The number of hydrogen-bond donors (Lipinski definition) is 1. The van der Waals surface area contributed by atoms with Gasteiger partial charge in [0.2, 0.25) is 0 Å². The number of esters is 1. The first-order valence-corrected chi connectivity index (χ1v) is 8.69. The van der Waals surface area contributed by atoms with Crippen LogP contribution in [0.5, 0.6) is 5.75 Å². The largest absolute Gasteiger partial charge is 0.506 e. The minimum atomic E-state index is -0.989. The third kappa shape index (κ3) is 3.61. The topological polar surface area (TPSA) is 83.9 Å². The zero-order valence-electron chi connectivity index (χ0n) is 12.0. The lowest BCUT2D eigenvalue weighted by Gasteiger charge is -2.18. The number of benzene rings is 1. The van der Waals surface area contributed by atoms with Crippen molar-refractivity contribution in [2.45, 2.75) is 13.0 Å². The molecule has 9 heteroatoms. The summed E-state index contributed by atoms with van der Waals surface area (Å²) in [5, 5.41) is 9.16. The summed E-state index contributed by atoms with van der Waals surface area (Å²) in [4.78, 5) is 37.0. The van der Waals surface area contributed by atoms with Crippen LogP contribution >= 0.6 is 43.6 Å². The van der Waals surface area contributed by atoms with E-state index in [1.54, 1.807) is 12.1 Å². The van der Waals surface area contributed by atoms with E-state index in [2.05, 4.69) is 36.6 Å². The Morgan fingerprint density at radius 2 is 1.91 bits per heavy atom. The zero-order chi connectivity index (χ0) is 17.3. The maximum absolute atomic E-state index is 12.4. The molecule has 0 bridgehead atoms. The van der Waals surface area contributed by atoms with Gasteiger partial charge >= 0.3 is 5.97 Å². The molecular weight excluding hydrogens is 454 g/mol. The first-order chi connectivity index (χ1) is 10.8. The molecule has 1 N–H and O–H groups in total. The van der Waals surface area contributed by atoms with Crippen molar-refractivity contribution >= 4 is 66.8 Å². The molecule has 1 saturated heterocycles. The van der Waals surface area contributed by atoms with Crippen molar-refractivity contribution in [3.8, 4) is 5.75 Å². The lowest BCUT2D eigenvalue weighted by atomic mass is 10.2. The highest BCUT2D eigenvalue weighted by atomic mass is 79.9. The van der Waals surface area contributed by atoms with E-state index < -0.39 is 23.2 Å². The number of carbonyl (C=O) groups excluding carboxylic acids is 3. The Hall–Kier alpha value is -1.32. The van der Waals surface area contributed by atoms with Crippen molar-refractivity contribution in [1.82, 2.24) is 4.90 Å². The first-order valence-electron chi connectivity index (χ1n) is 6.29. The second-order valence-electron chi connectivity index (χ2n) is 4.58. The van der Waals surface area contributed by atoms with Gasteiger partial charge in [0.1, 0.15) is 11.8 Å². The van der Waals surface area contributed by atoms with Crippen molar-refractivity contribution in [3.63, 3.8) is 0 Å². The molecule has 2 rings (SSSR count). The fourth-order valence-electron chi connectivity index (χ4n) is 1.91. The number of methoxy groups -OCH3 is 1. The summed E-state index contributed by atoms with van der Waals surface area (Å²) < 4.78 is 5.45. The van der Waals surface area contributed by atoms with Gasteiger partial charge in [0.15, 0.2) is 0 Å². The lowest BCUT2D eigenvalue weighted by Crippen LogP contribution is -2.42. The average Bonchev–Trinajstić information content (AvgIpc) is 2.77. The van der Waals surface area contributed by atoms with E-state index in [4.69, 9.17) is 0 Å². The van der Waals surface area contributed by atoms with Crippen molar-refractivity contribution in [2.75, 3.05) is 7.11 Å². The van der Waals surface area contributed by atoms with Gasteiger partial charge in [-0.15, -0.1) is 0 Å². The average molecular weight is 465 g/mol. The maximum Gasteiger partial charge on any atom is 0.328 e. The number of nitrogens with zero attached hydrogens (tertiary/aromatic N) is 1. The molecule has 0 radical (unpaired) electrons. The molecule has 1 heterocycles. The first kappa shape index (κ1) is 18.0. The number of thioether (sulfide) groups is 1. The van der Waals surface area contributed by atoms with Crippen LogP contribution in [0.15, 0.2) is 26.0 Å². The van der Waals surface area contributed by atoms with Crippen LogP contribution in [0.25, 0.3) is 6.08 Å². The molecule has 23 heavy (non-hydrogen) atoms. The Labute approximate surface area is 153 Å². The summed E-state index contributed by atoms with van der Waals surface area (Å²) in [6.45, 7) is 1.43. The highest BCUT2D eigenvalue weighted by molar-refractivity contribution is 9.11. The predicted octanol–water partition coefficient (Wildman–Crippen LogP) is 3.52. The van der Waals surface area contributed by atoms with Gasteiger partial charge in [-0.25, -0.2) is 4.79 Å². The standard InChI is InChI=1S/C14H11Br2NO5S/c1-6(13(20)22-2)17-12(19)10(23-14(17)21)5-7-3-8(15)11(18)9(16)4-7/h3-6,18H,1-2H3/b10-5+/t6-/m1/s1. The lowest BCUT2D eigenvalue weighted by molar-refractivity contribution is -0.148. The molecule has 122 valence electrons. The Bertz CT molecular complexity index is 711. The molecule has 0 saturated carbocycles. The van der Waals surface area contributed by atoms with Crippen molar-refractivity contribution < 1.29 is 24.2 Å². The highest BCUT2D eigenvalue weighted by Crippen LogP contribution is 2.37. The summed E-state index contributed by atoms with van der Waals surface area (Å²) in [6, 6.07) is 2.23. The van der Waals surface area contributed by atoms with Gasteiger partial charge in [0.25, 0.3) is 11.1 Å². The van der Waals surface area contributed by atoms with Gasteiger partial charge in [-0.3, -0.25) is 14.5 Å². The summed E-state index contributed by atoms with van der Waals surface area (Å²) in [7, 11) is 1.19. The molecular formula is C14H11Br2NO5S. The van der Waals surface area contributed by atoms with Crippen molar-refractivity contribution in [1.29, 1.82) is 0 Å². The zero-order valence-corrected chi connectivity index (χ0v) is 16.0. The predicted molar refractivity (Wildman–Crippen MR) is 92.8 cm³/mol. The number of phenols is 1. The van der Waals surface area contributed by atoms with Crippen LogP contribution < -0.4 is 0 Å². The van der Waals surface area contributed by atoms with Crippen LogP contribution in [0.4, 0.5) is 4.79 Å². The summed E-state index contributed by atoms with van der Waals surface area (Å²) in [6.07, 6.45) is 1.52.